The van der Waals surface area contributed by atoms with Gasteiger partial charge in [0.2, 0.25) is 0 Å². The first kappa shape index (κ1) is 21.5. The molecule has 0 aromatic carbocycles. The number of methoxy groups -OCH3 is 1. The second-order valence-electron chi connectivity index (χ2n) is 6.77. The van der Waals surface area contributed by atoms with Crippen LogP contribution < -0.4 is 5.32 Å². The van der Waals surface area contributed by atoms with Gasteiger partial charge in [-0.3, -0.25) is 9.59 Å². The summed E-state index contributed by atoms with van der Waals surface area (Å²) in [5, 5.41) is 12.0. The summed E-state index contributed by atoms with van der Waals surface area (Å²) in [6.07, 6.45) is 3.41. The molecule has 1 N–H and O–H groups in total. The van der Waals surface area contributed by atoms with Gasteiger partial charge in [-0.15, -0.1) is 0 Å². The molecule has 1 aromatic rings. The molecule has 142 valence electrons. The van der Waals surface area contributed by atoms with Crippen LogP contribution in [-0.2, 0) is 20.9 Å². The minimum atomic E-state index is -0.427. The van der Waals surface area contributed by atoms with Crippen molar-refractivity contribution in [3.05, 3.63) is 28.6 Å². The number of amides is 1. The number of carbonyl (C=O) groups is 2. The Morgan fingerprint density at radius 3 is 2.65 bits per heavy atom. The molecule has 0 saturated heterocycles. The van der Waals surface area contributed by atoms with E-state index in [4.69, 9.17) is 0 Å². The predicted octanol–water partition coefficient (Wildman–Crippen LogP) is 3.13. The molecule has 0 bridgehead atoms. The summed E-state index contributed by atoms with van der Waals surface area (Å²) in [4.78, 5) is 23.2. The van der Waals surface area contributed by atoms with Gasteiger partial charge in [-0.2, -0.15) is 5.26 Å². The lowest BCUT2D eigenvalue weighted by Gasteiger charge is -2.11. The third kappa shape index (κ3) is 6.40. The Morgan fingerprint density at radius 1 is 1.38 bits per heavy atom. The zero-order valence-electron chi connectivity index (χ0n) is 16.4. The van der Waals surface area contributed by atoms with E-state index < -0.39 is 5.91 Å². The molecular formula is C20H29N3O3. The minimum absolute atomic E-state index is 0.0622. The van der Waals surface area contributed by atoms with Crippen LogP contribution in [-0.4, -0.2) is 30.1 Å². The van der Waals surface area contributed by atoms with Gasteiger partial charge in [-0.05, 0) is 50.3 Å². The van der Waals surface area contributed by atoms with Crippen LogP contribution in [0.25, 0.3) is 6.08 Å². The number of nitrogens with one attached hydrogen (secondary N) is 1. The second-order valence-corrected chi connectivity index (χ2v) is 6.77. The van der Waals surface area contributed by atoms with E-state index in [0.29, 0.717) is 18.9 Å². The van der Waals surface area contributed by atoms with Crippen LogP contribution in [0.1, 0.15) is 50.1 Å². The topological polar surface area (TPSA) is 84.1 Å². The fraction of sp³-hybridized carbons (Fsp3) is 0.550. The van der Waals surface area contributed by atoms with Gasteiger partial charge in [-0.1, -0.05) is 13.8 Å². The smallest absolute Gasteiger partial charge is 0.305 e. The number of aryl methyl sites for hydroxylation is 1. The first-order chi connectivity index (χ1) is 12.3. The lowest BCUT2D eigenvalue weighted by Crippen LogP contribution is -2.26. The Morgan fingerprint density at radius 2 is 2.08 bits per heavy atom. The Labute approximate surface area is 155 Å². The number of hydrogen-bond acceptors (Lipinski definition) is 4. The molecule has 6 heteroatoms. The van der Waals surface area contributed by atoms with E-state index in [2.05, 4.69) is 28.5 Å². The lowest BCUT2D eigenvalue weighted by molar-refractivity contribution is -0.140. The Kier molecular flexibility index (Phi) is 8.63. The minimum Gasteiger partial charge on any atom is -0.469 e. The second kappa shape index (κ2) is 10.4. The van der Waals surface area contributed by atoms with Crippen molar-refractivity contribution >= 4 is 18.0 Å². The number of carbonyl (C=O) groups excluding carboxylic acids is 2. The largest absolute Gasteiger partial charge is 0.469 e. The molecule has 0 fully saturated rings. The molecule has 0 radical (unpaired) electrons. The predicted molar refractivity (Wildman–Crippen MR) is 101 cm³/mol. The average molecular weight is 359 g/mol. The number of esters is 1. The molecule has 6 nitrogen and oxygen atoms in total. The third-order valence-electron chi connectivity index (χ3n) is 4.28. The fourth-order valence-corrected chi connectivity index (χ4v) is 2.64. The number of nitriles is 1. The van der Waals surface area contributed by atoms with E-state index in [-0.39, 0.29) is 18.0 Å². The molecule has 1 heterocycles. The summed E-state index contributed by atoms with van der Waals surface area (Å²) in [6, 6.07) is 3.96. The highest BCUT2D eigenvalue weighted by molar-refractivity contribution is 6.01. The summed E-state index contributed by atoms with van der Waals surface area (Å²) < 4.78 is 6.77. The number of nitrogens with zero attached hydrogens (tertiary/aromatic N) is 2. The van der Waals surface area contributed by atoms with E-state index in [1.54, 1.807) is 6.08 Å². The first-order valence-corrected chi connectivity index (χ1v) is 8.93. The maximum Gasteiger partial charge on any atom is 0.305 e. The summed E-state index contributed by atoms with van der Waals surface area (Å²) in [5.74, 6) is -0.130. The van der Waals surface area contributed by atoms with E-state index in [0.717, 1.165) is 29.9 Å². The highest BCUT2D eigenvalue weighted by Crippen LogP contribution is 2.19. The van der Waals surface area contributed by atoms with E-state index in [1.165, 1.54) is 7.11 Å². The summed E-state index contributed by atoms with van der Waals surface area (Å²) in [7, 11) is 1.33. The lowest BCUT2D eigenvalue weighted by atomic mass is 10.1. The first-order valence-electron chi connectivity index (χ1n) is 8.93. The van der Waals surface area contributed by atoms with Gasteiger partial charge in [0.15, 0.2) is 0 Å². The van der Waals surface area contributed by atoms with Crippen molar-refractivity contribution in [3.63, 3.8) is 0 Å². The monoisotopic (exact) mass is 359 g/mol. The standard InChI is InChI=1S/C20H29N3O3/c1-14(2)8-10-23-15(3)11-17(16(23)4)12-18(13-21)20(25)22-9-6-7-19(24)26-5/h11-12,14H,6-10H2,1-5H3,(H,22,25)/b18-12+. The number of aromatic nitrogens is 1. The average Bonchev–Trinajstić information content (AvgIpc) is 2.87. The van der Waals surface area contributed by atoms with Gasteiger partial charge in [0.1, 0.15) is 11.6 Å². The van der Waals surface area contributed by atoms with Crippen molar-refractivity contribution in [3.8, 4) is 6.07 Å². The molecular weight excluding hydrogens is 330 g/mol. The van der Waals surface area contributed by atoms with Crippen molar-refractivity contribution in [1.29, 1.82) is 5.26 Å². The number of hydrogen-bond donors (Lipinski definition) is 1. The van der Waals surface area contributed by atoms with Crippen molar-refractivity contribution in [2.75, 3.05) is 13.7 Å². The molecule has 0 aliphatic heterocycles. The molecule has 0 unspecified atom stereocenters. The van der Waals surface area contributed by atoms with Gasteiger partial charge >= 0.3 is 5.97 Å². The third-order valence-corrected chi connectivity index (χ3v) is 4.28. The fourth-order valence-electron chi connectivity index (χ4n) is 2.64. The maximum absolute atomic E-state index is 12.2. The van der Waals surface area contributed by atoms with Crippen LogP contribution in [0.5, 0.6) is 0 Å². The molecule has 26 heavy (non-hydrogen) atoms. The Hall–Kier alpha value is -2.55. The number of rotatable bonds is 9. The van der Waals surface area contributed by atoms with Crippen molar-refractivity contribution in [2.45, 2.75) is 53.5 Å². The van der Waals surface area contributed by atoms with Crippen LogP contribution in [0.2, 0.25) is 0 Å². The van der Waals surface area contributed by atoms with Crippen molar-refractivity contribution in [1.82, 2.24) is 9.88 Å². The molecule has 0 spiro atoms. The number of ether oxygens (including phenoxy) is 1. The van der Waals surface area contributed by atoms with E-state index in [9.17, 15) is 14.9 Å². The zero-order valence-corrected chi connectivity index (χ0v) is 16.4. The van der Waals surface area contributed by atoms with Crippen LogP contribution in [0.4, 0.5) is 0 Å². The molecule has 1 aromatic heterocycles. The van der Waals surface area contributed by atoms with Crippen molar-refractivity contribution < 1.29 is 14.3 Å². The molecule has 0 saturated carbocycles. The summed E-state index contributed by atoms with van der Waals surface area (Å²) in [5.41, 5.74) is 3.11. The highest BCUT2D eigenvalue weighted by Gasteiger charge is 2.13. The van der Waals surface area contributed by atoms with Crippen LogP contribution in [0.3, 0.4) is 0 Å². The van der Waals surface area contributed by atoms with Crippen LogP contribution in [0, 0.1) is 31.1 Å². The van der Waals surface area contributed by atoms with Gasteiger partial charge in [0, 0.05) is 30.9 Å². The van der Waals surface area contributed by atoms with Crippen LogP contribution >= 0.6 is 0 Å². The van der Waals surface area contributed by atoms with Gasteiger partial charge < -0.3 is 14.6 Å². The molecule has 1 rings (SSSR count). The Balaban J connectivity index is 2.79. The maximum atomic E-state index is 12.2. The normalized spacial score (nSPS) is 11.3. The highest BCUT2D eigenvalue weighted by atomic mass is 16.5. The molecule has 1 amide bonds. The molecule has 0 atom stereocenters. The summed E-state index contributed by atoms with van der Waals surface area (Å²) >= 11 is 0. The SMILES string of the molecule is COC(=O)CCCNC(=O)/C(C#N)=C/c1cc(C)n(CCC(C)C)c1C. The summed E-state index contributed by atoms with van der Waals surface area (Å²) in [6.45, 7) is 9.65. The van der Waals surface area contributed by atoms with Gasteiger partial charge in [-0.25, -0.2) is 0 Å². The van der Waals surface area contributed by atoms with Crippen molar-refractivity contribution in [2.24, 2.45) is 5.92 Å². The quantitative estimate of drug-likeness (QED) is 0.318. The van der Waals surface area contributed by atoms with Crippen LogP contribution in [0.15, 0.2) is 11.6 Å². The molecule has 0 aliphatic carbocycles. The molecule has 0 aliphatic rings. The van der Waals surface area contributed by atoms with E-state index >= 15 is 0 Å². The van der Waals surface area contributed by atoms with Gasteiger partial charge in [0.25, 0.3) is 5.91 Å². The van der Waals surface area contributed by atoms with Gasteiger partial charge in [0.05, 0.1) is 7.11 Å². The Bertz CT molecular complexity index is 709. The van der Waals surface area contributed by atoms with E-state index in [1.807, 2.05) is 26.0 Å². The zero-order chi connectivity index (χ0) is 19.7.